The Morgan fingerprint density at radius 1 is 1.42 bits per heavy atom. The quantitative estimate of drug-likeness (QED) is 0.755. The standard InChI is InChI=1S/C15H24N2O2/c1-12(8-9-16)6-7-15(18)17-11-13-4-3-5-14(10-13)19-2/h3-5,10,12H,6-9,11,16H2,1-2H3,(H,17,18). The van der Waals surface area contributed by atoms with Crippen LogP contribution in [0.1, 0.15) is 31.7 Å². The number of hydrogen-bond acceptors (Lipinski definition) is 3. The highest BCUT2D eigenvalue weighted by Crippen LogP contribution is 2.12. The third-order valence-electron chi connectivity index (χ3n) is 3.15. The Morgan fingerprint density at radius 2 is 2.21 bits per heavy atom. The molecule has 3 N–H and O–H groups in total. The smallest absolute Gasteiger partial charge is 0.220 e. The van der Waals surface area contributed by atoms with Gasteiger partial charge in [-0.25, -0.2) is 0 Å². The third-order valence-corrected chi connectivity index (χ3v) is 3.15. The Bertz CT molecular complexity index is 393. The van der Waals surface area contributed by atoms with E-state index in [-0.39, 0.29) is 5.91 Å². The molecule has 0 saturated heterocycles. The van der Waals surface area contributed by atoms with Crippen LogP contribution in [0.25, 0.3) is 0 Å². The highest BCUT2D eigenvalue weighted by molar-refractivity contribution is 5.75. The Hall–Kier alpha value is -1.55. The number of nitrogens with two attached hydrogens (primary N) is 1. The molecule has 0 spiro atoms. The number of nitrogens with one attached hydrogen (secondary N) is 1. The van der Waals surface area contributed by atoms with Crippen molar-refractivity contribution in [2.45, 2.75) is 32.7 Å². The molecule has 1 aromatic carbocycles. The predicted octanol–water partition coefficient (Wildman–Crippen LogP) is 2.08. The number of ether oxygens (including phenoxy) is 1. The minimum atomic E-state index is 0.0895. The summed E-state index contributed by atoms with van der Waals surface area (Å²) in [6.45, 7) is 3.36. The first-order valence-corrected chi connectivity index (χ1v) is 6.75. The highest BCUT2D eigenvalue weighted by atomic mass is 16.5. The lowest BCUT2D eigenvalue weighted by atomic mass is 10.0. The van der Waals surface area contributed by atoms with E-state index < -0.39 is 0 Å². The zero-order valence-corrected chi connectivity index (χ0v) is 11.8. The second kappa shape index (κ2) is 8.53. The number of carbonyl (C=O) groups excluding carboxylic acids is 1. The van der Waals surface area contributed by atoms with Crippen LogP contribution in [0.3, 0.4) is 0 Å². The molecule has 0 aliphatic rings. The summed E-state index contributed by atoms with van der Waals surface area (Å²) >= 11 is 0. The van der Waals surface area contributed by atoms with Crippen LogP contribution in [0.15, 0.2) is 24.3 Å². The topological polar surface area (TPSA) is 64.3 Å². The van der Waals surface area contributed by atoms with Gasteiger partial charge in [0, 0.05) is 13.0 Å². The average molecular weight is 264 g/mol. The van der Waals surface area contributed by atoms with Crippen molar-refractivity contribution in [2.24, 2.45) is 11.7 Å². The van der Waals surface area contributed by atoms with Crippen LogP contribution in [0.5, 0.6) is 5.75 Å². The van der Waals surface area contributed by atoms with Crippen LogP contribution in [-0.4, -0.2) is 19.6 Å². The van der Waals surface area contributed by atoms with E-state index in [1.54, 1.807) is 7.11 Å². The van der Waals surface area contributed by atoms with E-state index in [2.05, 4.69) is 12.2 Å². The van der Waals surface area contributed by atoms with Gasteiger partial charge in [0.25, 0.3) is 0 Å². The maximum Gasteiger partial charge on any atom is 0.220 e. The Kier molecular flexibility index (Phi) is 6.97. The summed E-state index contributed by atoms with van der Waals surface area (Å²) < 4.78 is 5.14. The molecule has 1 amide bonds. The van der Waals surface area contributed by atoms with Crippen molar-refractivity contribution in [1.29, 1.82) is 0 Å². The van der Waals surface area contributed by atoms with Gasteiger partial charge < -0.3 is 15.8 Å². The van der Waals surface area contributed by atoms with Crippen LogP contribution in [0.4, 0.5) is 0 Å². The minimum Gasteiger partial charge on any atom is -0.497 e. The first-order valence-electron chi connectivity index (χ1n) is 6.75. The molecule has 1 atom stereocenters. The van der Waals surface area contributed by atoms with Gasteiger partial charge in [-0.05, 0) is 43.0 Å². The fraction of sp³-hybridized carbons (Fsp3) is 0.533. The second-order valence-corrected chi connectivity index (χ2v) is 4.85. The molecule has 1 aromatic rings. The summed E-state index contributed by atoms with van der Waals surface area (Å²) in [7, 11) is 1.64. The van der Waals surface area contributed by atoms with Gasteiger partial charge in [0.05, 0.1) is 7.11 Å². The summed E-state index contributed by atoms with van der Waals surface area (Å²) in [4.78, 5) is 11.7. The highest BCUT2D eigenvalue weighted by Gasteiger charge is 2.06. The van der Waals surface area contributed by atoms with Gasteiger partial charge in [-0.1, -0.05) is 19.1 Å². The van der Waals surface area contributed by atoms with E-state index in [1.165, 1.54) is 0 Å². The fourth-order valence-electron chi connectivity index (χ4n) is 1.88. The molecule has 0 heterocycles. The SMILES string of the molecule is COc1cccc(CNC(=O)CCC(C)CCN)c1. The van der Waals surface area contributed by atoms with E-state index in [1.807, 2.05) is 24.3 Å². The van der Waals surface area contributed by atoms with Gasteiger partial charge in [-0.3, -0.25) is 4.79 Å². The number of hydrogen-bond donors (Lipinski definition) is 2. The van der Waals surface area contributed by atoms with Crippen molar-refractivity contribution >= 4 is 5.91 Å². The number of amides is 1. The zero-order chi connectivity index (χ0) is 14.1. The Morgan fingerprint density at radius 3 is 2.89 bits per heavy atom. The van der Waals surface area contributed by atoms with Crippen LogP contribution in [0.2, 0.25) is 0 Å². The Labute approximate surface area is 115 Å². The molecule has 4 heteroatoms. The maximum absolute atomic E-state index is 11.7. The molecule has 19 heavy (non-hydrogen) atoms. The summed E-state index contributed by atoms with van der Waals surface area (Å²) in [6.07, 6.45) is 2.43. The van der Waals surface area contributed by atoms with Gasteiger partial charge in [0.1, 0.15) is 5.75 Å². The molecule has 0 aliphatic carbocycles. The largest absolute Gasteiger partial charge is 0.497 e. The molecule has 4 nitrogen and oxygen atoms in total. The third kappa shape index (κ3) is 6.25. The van der Waals surface area contributed by atoms with E-state index in [0.29, 0.717) is 25.4 Å². The van der Waals surface area contributed by atoms with Gasteiger partial charge in [-0.15, -0.1) is 0 Å². The van der Waals surface area contributed by atoms with Gasteiger partial charge >= 0.3 is 0 Å². The van der Waals surface area contributed by atoms with Crippen molar-refractivity contribution in [3.63, 3.8) is 0 Å². The number of methoxy groups -OCH3 is 1. The molecule has 0 aliphatic heterocycles. The zero-order valence-electron chi connectivity index (χ0n) is 11.8. The van der Waals surface area contributed by atoms with Gasteiger partial charge in [0.2, 0.25) is 5.91 Å². The van der Waals surface area contributed by atoms with Crippen molar-refractivity contribution in [2.75, 3.05) is 13.7 Å². The minimum absolute atomic E-state index is 0.0895. The normalized spacial score (nSPS) is 11.9. The first kappa shape index (κ1) is 15.5. The summed E-state index contributed by atoms with van der Waals surface area (Å²) in [5.74, 6) is 1.41. The van der Waals surface area contributed by atoms with Crippen molar-refractivity contribution in [3.05, 3.63) is 29.8 Å². The van der Waals surface area contributed by atoms with E-state index in [4.69, 9.17) is 10.5 Å². The molecule has 0 bridgehead atoms. The lowest BCUT2D eigenvalue weighted by Crippen LogP contribution is -2.23. The van der Waals surface area contributed by atoms with E-state index in [9.17, 15) is 4.79 Å². The van der Waals surface area contributed by atoms with Crippen LogP contribution in [0, 0.1) is 5.92 Å². The molecular formula is C15H24N2O2. The molecule has 0 saturated carbocycles. The summed E-state index contributed by atoms with van der Waals surface area (Å²) in [5, 5.41) is 2.92. The molecule has 1 rings (SSSR count). The summed E-state index contributed by atoms with van der Waals surface area (Å²) in [6, 6.07) is 7.71. The number of benzene rings is 1. The first-order chi connectivity index (χ1) is 9.15. The monoisotopic (exact) mass is 264 g/mol. The summed E-state index contributed by atoms with van der Waals surface area (Å²) in [5.41, 5.74) is 6.53. The molecule has 1 unspecified atom stereocenters. The molecule has 0 fully saturated rings. The van der Waals surface area contributed by atoms with E-state index in [0.717, 1.165) is 24.2 Å². The van der Waals surface area contributed by atoms with Gasteiger partial charge in [0.15, 0.2) is 0 Å². The van der Waals surface area contributed by atoms with Crippen LogP contribution >= 0.6 is 0 Å². The molecule has 0 aromatic heterocycles. The van der Waals surface area contributed by atoms with Gasteiger partial charge in [-0.2, -0.15) is 0 Å². The molecular weight excluding hydrogens is 240 g/mol. The van der Waals surface area contributed by atoms with Crippen molar-refractivity contribution in [3.8, 4) is 5.75 Å². The van der Waals surface area contributed by atoms with Crippen LogP contribution in [-0.2, 0) is 11.3 Å². The lowest BCUT2D eigenvalue weighted by Gasteiger charge is -2.10. The Balaban J connectivity index is 2.29. The number of rotatable bonds is 8. The molecule has 0 radical (unpaired) electrons. The van der Waals surface area contributed by atoms with Crippen LogP contribution < -0.4 is 15.8 Å². The lowest BCUT2D eigenvalue weighted by molar-refractivity contribution is -0.121. The second-order valence-electron chi connectivity index (χ2n) is 4.85. The molecule has 106 valence electrons. The predicted molar refractivity (Wildman–Crippen MR) is 76.9 cm³/mol. The average Bonchev–Trinajstić information content (AvgIpc) is 2.43. The maximum atomic E-state index is 11.7. The van der Waals surface area contributed by atoms with Crippen molar-refractivity contribution in [1.82, 2.24) is 5.32 Å². The van der Waals surface area contributed by atoms with E-state index >= 15 is 0 Å². The number of carbonyl (C=O) groups is 1. The van der Waals surface area contributed by atoms with Crippen molar-refractivity contribution < 1.29 is 9.53 Å². The fourth-order valence-corrected chi connectivity index (χ4v) is 1.88.